The number of nitrogens with two attached hydrogens (primary N) is 1. The first-order valence-electron chi connectivity index (χ1n) is 5.42. The highest BCUT2D eigenvalue weighted by Gasteiger charge is 2.18. The molecule has 0 aliphatic rings. The van der Waals surface area contributed by atoms with Gasteiger partial charge in [-0.15, -0.1) is 11.3 Å². The Morgan fingerprint density at radius 1 is 1.56 bits per heavy atom. The molecule has 1 unspecified atom stereocenters. The van der Waals surface area contributed by atoms with Gasteiger partial charge in [0.2, 0.25) is 0 Å². The fourth-order valence-electron chi connectivity index (χ4n) is 1.59. The first kappa shape index (κ1) is 13.1. The summed E-state index contributed by atoms with van der Waals surface area (Å²) in [7, 11) is 0. The highest BCUT2D eigenvalue weighted by molar-refractivity contribution is 7.98. The Morgan fingerprint density at radius 3 is 2.94 bits per heavy atom. The van der Waals surface area contributed by atoms with E-state index in [1.807, 2.05) is 13.2 Å². The third-order valence-corrected chi connectivity index (χ3v) is 4.30. The number of fused-ring (bicyclic) bond motifs is 1. The molecular formula is C11H14N4OS2. The van der Waals surface area contributed by atoms with Gasteiger partial charge >= 0.3 is 0 Å². The minimum atomic E-state index is -0.154. The molecule has 96 valence electrons. The van der Waals surface area contributed by atoms with E-state index >= 15 is 0 Å². The van der Waals surface area contributed by atoms with Crippen LogP contribution in [0.15, 0.2) is 12.4 Å². The lowest BCUT2D eigenvalue weighted by Gasteiger charge is -2.11. The summed E-state index contributed by atoms with van der Waals surface area (Å²) in [5.41, 5.74) is 6.95. The van der Waals surface area contributed by atoms with E-state index < -0.39 is 0 Å². The molecule has 2 aromatic heterocycles. The van der Waals surface area contributed by atoms with Gasteiger partial charge in [0.05, 0.1) is 5.69 Å². The van der Waals surface area contributed by atoms with Crippen LogP contribution in [-0.4, -0.2) is 33.9 Å². The van der Waals surface area contributed by atoms with Gasteiger partial charge in [0.1, 0.15) is 15.2 Å². The number of thiophene rings is 1. The summed E-state index contributed by atoms with van der Waals surface area (Å²) in [6, 6.07) is 0.109. The van der Waals surface area contributed by atoms with Gasteiger partial charge < -0.3 is 11.1 Å². The van der Waals surface area contributed by atoms with Crippen molar-refractivity contribution in [3.05, 3.63) is 17.3 Å². The Bertz CT molecular complexity index is 569. The van der Waals surface area contributed by atoms with Crippen molar-refractivity contribution in [3.8, 4) is 0 Å². The monoisotopic (exact) mass is 282 g/mol. The molecule has 0 aliphatic heterocycles. The molecule has 3 N–H and O–H groups in total. The number of thioether (sulfide) groups is 1. The van der Waals surface area contributed by atoms with Crippen molar-refractivity contribution in [3.63, 3.8) is 0 Å². The van der Waals surface area contributed by atoms with Crippen molar-refractivity contribution in [1.82, 2.24) is 15.3 Å². The first-order chi connectivity index (χ1) is 8.63. The minimum absolute atomic E-state index is 0.109. The van der Waals surface area contributed by atoms with Gasteiger partial charge in [0, 0.05) is 24.2 Å². The van der Waals surface area contributed by atoms with E-state index in [0.29, 0.717) is 20.9 Å². The molecule has 0 aliphatic carbocycles. The van der Waals surface area contributed by atoms with Crippen LogP contribution >= 0.6 is 23.1 Å². The summed E-state index contributed by atoms with van der Waals surface area (Å²) in [5, 5.41) is 2.91. The number of nitrogen functional groups attached to an aromatic ring is 1. The van der Waals surface area contributed by atoms with Gasteiger partial charge in [0.25, 0.3) is 5.91 Å². The fourth-order valence-corrected chi connectivity index (χ4v) is 3.10. The SMILES string of the molecule is CSCC(C)NC(=O)c1sc2nccnc2c1N. The second kappa shape index (κ2) is 5.53. The molecule has 0 saturated heterocycles. The van der Waals surface area contributed by atoms with Gasteiger partial charge in [0.15, 0.2) is 0 Å². The van der Waals surface area contributed by atoms with Crippen molar-refractivity contribution in [2.45, 2.75) is 13.0 Å². The molecule has 0 saturated carbocycles. The van der Waals surface area contributed by atoms with Crippen LogP contribution in [-0.2, 0) is 0 Å². The van der Waals surface area contributed by atoms with Crippen molar-refractivity contribution >= 4 is 45.0 Å². The molecule has 7 heteroatoms. The largest absolute Gasteiger partial charge is 0.396 e. The average molecular weight is 282 g/mol. The summed E-state index contributed by atoms with van der Waals surface area (Å²) in [6.07, 6.45) is 5.17. The van der Waals surface area contributed by atoms with E-state index in [1.54, 1.807) is 24.2 Å². The predicted molar refractivity (Wildman–Crippen MR) is 77.1 cm³/mol. The molecule has 0 bridgehead atoms. The topological polar surface area (TPSA) is 80.9 Å². The Morgan fingerprint density at radius 2 is 2.28 bits per heavy atom. The maximum atomic E-state index is 12.1. The van der Waals surface area contributed by atoms with E-state index in [2.05, 4.69) is 15.3 Å². The van der Waals surface area contributed by atoms with Gasteiger partial charge in [-0.05, 0) is 13.2 Å². The number of hydrogen-bond donors (Lipinski definition) is 2. The number of nitrogens with one attached hydrogen (secondary N) is 1. The quantitative estimate of drug-likeness (QED) is 0.893. The van der Waals surface area contributed by atoms with Gasteiger partial charge in [-0.25, -0.2) is 9.97 Å². The zero-order chi connectivity index (χ0) is 13.1. The van der Waals surface area contributed by atoms with Crippen LogP contribution in [0.1, 0.15) is 16.6 Å². The average Bonchev–Trinajstić information content (AvgIpc) is 2.68. The van der Waals surface area contributed by atoms with E-state index in [0.717, 1.165) is 5.75 Å². The number of hydrogen-bond acceptors (Lipinski definition) is 6. The third kappa shape index (κ3) is 2.56. The van der Waals surface area contributed by atoms with Crippen molar-refractivity contribution in [2.75, 3.05) is 17.7 Å². The summed E-state index contributed by atoms with van der Waals surface area (Å²) in [4.78, 5) is 21.5. The van der Waals surface area contributed by atoms with E-state index in [1.165, 1.54) is 11.3 Å². The molecule has 2 aromatic rings. The van der Waals surface area contributed by atoms with Crippen molar-refractivity contribution in [1.29, 1.82) is 0 Å². The maximum Gasteiger partial charge on any atom is 0.263 e. The van der Waals surface area contributed by atoms with Gasteiger partial charge in [-0.3, -0.25) is 4.79 Å². The highest BCUT2D eigenvalue weighted by Crippen LogP contribution is 2.30. The van der Waals surface area contributed by atoms with E-state index in [-0.39, 0.29) is 11.9 Å². The molecular weight excluding hydrogens is 268 g/mol. The Hall–Kier alpha value is -1.34. The molecule has 0 radical (unpaired) electrons. The number of amides is 1. The Kier molecular flexibility index (Phi) is 4.03. The number of carbonyl (C=O) groups excluding carboxylic acids is 1. The van der Waals surface area contributed by atoms with Crippen LogP contribution in [0.5, 0.6) is 0 Å². The fraction of sp³-hybridized carbons (Fsp3) is 0.364. The van der Waals surface area contributed by atoms with Crippen molar-refractivity contribution < 1.29 is 4.79 Å². The zero-order valence-corrected chi connectivity index (χ0v) is 11.8. The number of rotatable bonds is 4. The van der Waals surface area contributed by atoms with Crippen LogP contribution in [0.4, 0.5) is 5.69 Å². The van der Waals surface area contributed by atoms with Crippen LogP contribution < -0.4 is 11.1 Å². The van der Waals surface area contributed by atoms with Crippen molar-refractivity contribution in [2.24, 2.45) is 0 Å². The molecule has 0 aromatic carbocycles. The van der Waals surface area contributed by atoms with E-state index in [9.17, 15) is 4.79 Å². The molecule has 2 rings (SSSR count). The molecule has 5 nitrogen and oxygen atoms in total. The first-order valence-corrected chi connectivity index (χ1v) is 7.63. The minimum Gasteiger partial charge on any atom is -0.396 e. The van der Waals surface area contributed by atoms with E-state index in [4.69, 9.17) is 5.73 Å². The number of carbonyl (C=O) groups is 1. The normalized spacial score (nSPS) is 12.6. The lowest BCUT2D eigenvalue weighted by Crippen LogP contribution is -2.34. The van der Waals surface area contributed by atoms with Crippen LogP contribution in [0.3, 0.4) is 0 Å². The number of aromatic nitrogens is 2. The predicted octanol–water partition coefficient (Wildman–Crippen LogP) is 1.75. The highest BCUT2D eigenvalue weighted by atomic mass is 32.2. The molecule has 2 heterocycles. The van der Waals surface area contributed by atoms with Crippen LogP contribution in [0, 0.1) is 0 Å². The second-order valence-corrected chi connectivity index (χ2v) is 5.79. The lowest BCUT2D eigenvalue weighted by atomic mass is 10.3. The van der Waals surface area contributed by atoms with Crippen LogP contribution in [0.2, 0.25) is 0 Å². The molecule has 18 heavy (non-hydrogen) atoms. The van der Waals surface area contributed by atoms with Gasteiger partial charge in [-0.2, -0.15) is 11.8 Å². The summed E-state index contributed by atoms with van der Waals surface area (Å²) in [5.74, 6) is 0.714. The Labute approximate surface area is 113 Å². The van der Waals surface area contributed by atoms with Crippen LogP contribution in [0.25, 0.3) is 10.3 Å². The maximum absolute atomic E-state index is 12.1. The number of nitrogens with zero attached hydrogens (tertiary/aromatic N) is 2. The molecule has 0 spiro atoms. The molecule has 1 amide bonds. The zero-order valence-electron chi connectivity index (χ0n) is 10.1. The smallest absolute Gasteiger partial charge is 0.263 e. The third-order valence-electron chi connectivity index (χ3n) is 2.36. The Balaban J connectivity index is 2.25. The summed E-state index contributed by atoms with van der Waals surface area (Å²) in [6.45, 7) is 1.97. The summed E-state index contributed by atoms with van der Waals surface area (Å²) >= 11 is 2.96. The lowest BCUT2D eigenvalue weighted by molar-refractivity contribution is 0.0948. The van der Waals surface area contributed by atoms with Gasteiger partial charge in [-0.1, -0.05) is 0 Å². The second-order valence-electron chi connectivity index (χ2n) is 3.88. The molecule has 0 fully saturated rings. The number of anilines is 1. The standard InChI is InChI=1S/C11H14N4OS2/c1-6(5-17-2)15-10(16)9-7(12)8-11(18-9)14-4-3-13-8/h3-4,6H,5,12H2,1-2H3,(H,15,16). The summed E-state index contributed by atoms with van der Waals surface area (Å²) < 4.78 is 0. The molecule has 1 atom stereocenters.